The van der Waals surface area contributed by atoms with Crippen molar-refractivity contribution in [1.29, 1.82) is 0 Å². The molecule has 8 heteroatoms. The summed E-state index contributed by atoms with van der Waals surface area (Å²) >= 11 is 5.68. The molecule has 0 radical (unpaired) electrons. The van der Waals surface area contributed by atoms with Gasteiger partial charge in [0.1, 0.15) is 11.0 Å². The molecule has 0 spiro atoms. The van der Waals surface area contributed by atoms with Gasteiger partial charge in [-0.2, -0.15) is 0 Å². The molecule has 2 N–H and O–H groups in total. The van der Waals surface area contributed by atoms with Crippen LogP contribution in [0.4, 0.5) is 11.5 Å². The quantitative estimate of drug-likeness (QED) is 0.447. The molecule has 2 unspecified atom stereocenters. The molecule has 2 rings (SSSR count). The van der Waals surface area contributed by atoms with Crippen molar-refractivity contribution >= 4 is 23.1 Å². The van der Waals surface area contributed by atoms with Crippen LogP contribution in [0.5, 0.6) is 0 Å². The Morgan fingerprint density at radius 2 is 2.00 bits per heavy atom. The molecule has 0 aromatic carbocycles. The average Bonchev–Trinajstić information content (AvgIpc) is 2.58. The minimum Gasteiger partial charge on any atom is -0.389 e. The van der Waals surface area contributed by atoms with Gasteiger partial charge >= 0.3 is 0 Å². The summed E-state index contributed by atoms with van der Waals surface area (Å²) in [4.78, 5) is 15.6. The SMILES string of the molecule is O=[N+]([O-])c1cc(Cl)nc(N2CC(O)C(O)C2)c1. The van der Waals surface area contributed by atoms with Crippen LogP contribution in [0.1, 0.15) is 0 Å². The van der Waals surface area contributed by atoms with Crippen LogP contribution in [0.15, 0.2) is 12.1 Å². The Kier molecular flexibility index (Phi) is 3.14. The summed E-state index contributed by atoms with van der Waals surface area (Å²) in [6, 6.07) is 2.41. The monoisotopic (exact) mass is 259 g/mol. The lowest BCUT2D eigenvalue weighted by Crippen LogP contribution is -2.22. The number of aliphatic hydroxyl groups is 2. The summed E-state index contributed by atoms with van der Waals surface area (Å²) in [5.74, 6) is 0.278. The normalized spacial score (nSPS) is 24.1. The first kappa shape index (κ1) is 12.0. The van der Waals surface area contributed by atoms with Gasteiger partial charge in [-0.1, -0.05) is 11.6 Å². The maximum absolute atomic E-state index is 10.7. The lowest BCUT2D eigenvalue weighted by molar-refractivity contribution is -0.384. The molecule has 0 aliphatic carbocycles. The number of pyridine rings is 1. The maximum atomic E-state index is 10.7. The van der Waals surface area contributed by atoms with Gasteiger partial charge < -0.3 is 15.1 Å². The molecule has 1 fully saturated rings. The predicted molar refractivity (Wildman–Crippen MR) is 60.1 cm³/mol. The van der Waals surface area contributed by atoms with Gasteiger partial charge in [0.25, 0.3) is 5.69 Å². The van der Waals surface area contributed by atoms with E-state index in [1.807, 2.05) is 0 Å². The van der Waals surface area contributed by atoms with Crippen LogP contribution in [0.3, 0.4) is 0 Å². The fourth-order valence-corrected chi connectivity index (χ4v) is 1.89. The van der Waals surface area contributed by atoms with Gasteiger partial charge in [0.15, 0.2) is 0 Å². The van der Waals surface area contributed by atoms with Gasteiger partial charge in [0, 0.05) is 13.1 Å². The number of rotatable bonds is 2. The molecule has 1 aromatic rings. The predicted octanol–water partition coefficient (Wildman–Crippen LogP) is 0.185. The highest BCUT2D eigenvalue weighted by atomic mass is 35.5. The number of hydrogen-bond donors (Lipinski definition) is 2. The fraction of sp³-hybridized carbons (Fsp3) is 0.444. The second-order valence-electron chi connectivity index (χ2n) is 3.80. The largest absolute Gasteiger partial charge is 0.389 e. The molecule has 1 saturated heterocycles. The average molecular weight is 260 g/mol. The summed E-state index contributed by atoms with van der Waals surface area (Å²) < 4.78 is 0. The summed E-state index contributed by atoms with van der Waals surface area (Å²) in [7, 11) is 0. The van der Waals surface area contributed by atoms with Crippen LogP contribution < -0.4 is 4.90 Å². The van der Waals surface area contributed by atoms with Crippen LogP contribution in [0.25, 0.3) is 0 Å². The number of hydrogen-bond acceptors (Lipinski definition) is 6. The number of aromatic nitrogens is 1. The number of nitrogens with zero attached hydrogens (tertiary/aromatic N) is 3. The molecular formula is C9H10ClN3O4. The van der Waals surface area contributed by atoms with E-state index in [4.69, 9.17) is 11.6 Å². The van der Waals surface area contributed by atoms with Crippen molar-refractivity contribution in [2.24, 2.45) is 0 Å². The first-order valence-electron chi connectivity index (χ1n) is 4.90. The lowest BCUT2D eigenvalue weighted by Gasteiger charge is -2.15. The Hall–Kier alpha value is -1.44. The summed E-state index contributed by atoms with van der Waals surface area (Å²) in [5.41, 5.74) is -0.170. The zero-order chi connectivity index (χ0) is 12.6. The van der Waals surface area contributed by atoms with E-state index < -0.39 is 17.1 Å². The van der Waals surface area contributed by atoms with Crippen molar-refractivity contribution < 1.29 is 15.1 Å². The van der Waals surface area contributed by atoms with E-state index >= 15 is 0 Å². The van der Waals surface area contributed by atoms with Crippen molar-refractivity contribution in [3.05, 3.63) is 27.4 Å². The van der Waals surface area contributed by atoms with Crippen molar-refractivity contribution in [1.82, 2.24) is 4.98 Å². The van der Waals surface area contributed by atoms with E-state index in [0.717, 1.165) is 6.07 Å². The third-order valence-electron chi connectivity index (χ3n) is 2.56. The topological polar surface area (TPSA) is 99.7 Å². The minimum absolute atomic E-state index is 0.00470. The number of nitro groups is 1. The van der Waals surface area contributed by atoms with Crippen LogP contribution in [0.2, 0.25) is 5.15 Å². The van der Waals surface area contributed by atoms with E-state index in [1.165, 1.54) is 6.07 Å². The Morgan fingerprint density at radius 3 is 2.53 bits per heavy atom. The molecular weight excluding hydrogens is 250 g/mol. The molecule has 1 aromatic heterocycles. The van der Waals surface area contributed by atoms with E-state index in [9.17, 15) is 20.3 Å². The third kappa shape index (κ3) is 2.46. The van der Waals surface area contributed by atoms with Crippen molar-refractivity contribution in [3.63, 3.8) is 0 Å². The van der Waals surface area contributed by atoms with E-state index in [2.05, 4.69) is 4.98 Å². The number of halogens is 1. The highest BCUT2D eigenvalue weighted by molar-refractivity contribution is 6.29. The molecule has 2 heterocycles. The highest BCUT2D eigenvalue weighted by Crippen LogP contribution is 2.25. The molecule has 7 nitrogen and oxygen atoms in total. The van der Waals surface area contributed by atoms with Crippen LogP contribution >= 0.6 is 11.6 Å². The molecule has 0 amide bonds. The Labute approximate surface area is 101 Å². The fourth-order valence-electron chi connectivity index (χ4n) is 1.69. The second kappa shape index (κ2) is 4.44. The number of aliphatic hydroxyl groups excluding tert-OH is 2. The lowest BCUT2D eigenvalue weighted by atomic mass is 10.3. The number of anilines is 1. The maximum Gasteiger partial charge on any atom is 0.276 e. The molecule has 17 heavy (non-hydrogen) atoms. The minimum atomic E-state index is -0.880. The molecule has 0 saturated carbocycles. The zero-order valence-corrected chi connectivity index (χ0v) is 9.41. The molecule has 2 atom stereocenters. The van der Waals surface area contributed by atoms with Crippen molar-refractivity contribution in [3.8, 4) is 0 Å². The standard InChI is InChI=1S/C9H10ClN3O4/c10-8-1-5(13(16)17)2-9(11-8)12-3-6(14)7(15)4-12/h1-2,6-7,14-15H,3-4H2. The molecule has 1 aliphatic rings. The summed E-state index contributed by atoms with van der Waals surface area (Å²) in [6.45, 7) is 0.345. The Balaban J connectivity index is 2.30. The first-order chi connectivity index (χ1) is 7.97. The van der Waals surface area contributed by atoms with Gasteiger partial charge in [-0.15, -0.1) is 0 Å². The van der Waals surface area contributed by atoms with Crippen LogP contribution in [-0.2, 0) is 0 Å². The summed E-state index contributed by atoms with van der Waals surface area (Å²) in [5, 5.41) is 29.4. The van der Waals surface area contributed by atoms with Crippen LogP contribution in [-0.4, -0.2) is 45.4 Å². The van der Waals surface area contributed by atoms with Gasteiger partial charge in [0.05, 0.1) is 29.3 Å². The first-order valence-corrected chi connectivity index (χ1v) is 5.28. The zero-order valence-electron chi connectivity index (χ0n) is 8.65. The van der Waals surface area contributed by atoms with Crippen molar-refractivity contribution in [2.75, 3.05) is 18.0 Å². The van der Waals surface area contributed by atoms with Gasteiger partial charge in [-0.05, 0) is 0 Å². The Morgan fingerprint density at radius 1 is 1.41 bits per heavy atom. The van der Waals surface area contributed by atoms with E-state index in [0.29, 0.717) is 0 Å². The van der Waals surface area contributed by atoms with Gasteiger partial charge in [0.2, 0.25) is 0 Å². The molecule has 92 valence electrons. The van der Waals surface area contributed by atoms with E-state index in [1.54, 1.807) is 4.90 Å². The van der Waals surface area contributed by atoms with Crippen LogP contribution in [0, 0.1) is 10.1 Å². The van der Waals surface area contributed by atoms with E-state index in [-0.39, 0.29) is 29.7 Å². The second-order valence-corrected chi connectivity index (χ2v) is 4.19. The van der Waals surface area contributed by atoms with Gasteiger partial charge in [-0.25, -0.2) is 4.98 Å². The molecule has 1 aliphatic heterocycles. The van der Waals surface area contributed by atoms with Crippen molar-refractivity contribution in [2.45, 2.75) is 12.2 Å². The third-order valence-corrected chi connectivity index (χ3v) is 2.75. The van der Waals surface area contributed by atoms with Gasteiger partial charge in [-0.3, -0.25) is 10.1 Å². The highest BCUT2D eigenvalue weighted by Gasteiger charge is 2.31. The molecule has 0 bridgehead atoms. The summed E-state index contributed by atoms with van der Waals surface area (Å²) in [6.07, 6.45) is -1.76. The Bertz CT molecular complexity index is 446. The smallest absolute Gasteiger partial charge is 0.276 e. The number of β-amino-alcohol motifs (C(OH)–C–C–N with tert-alkyl or cyclic N) is 2.